The lowest BCUT2D eigenvalue weighted by molar-refractivity contribution is 0.262. The summed E-state index contributed by atoms with van der Waals surface area (Å²) in [7, 11) is 0. The van der Waals surface area contributed by atoms with E-state index in [-0.39, 0.29) is 0 Å². The second kappa shape index (κ2) is 2.00. The third-order valence-corrected chi connectivity index (χ3v) is 3.57. The molecule has 0 aromatic rings. The van der Waals surface area contributed by atoms with Crippen LogP contribution in [0.3, 0.4) is 0 Å². The van der Waals surface area contributed by atoms with Gasteiger partial charge in [0.1, 0.15) is 0 Å². The van der Waals surface area contributed by atoms with E-state index >= 15 is 0 Å². The van der Waals surface area contributed by atoms with E-state index in [0.29, 0.717) is 0 Å². The molecule has 0 aliphatic heterocycles. The predicted molar refractivity (Wildman–Crippen MR) is 46.2 cm³/mol. The Bertz CT molecular complexity index is 219. The van der Waals surface area contributed by atoms with Crippen LogP contribution >= 0.6 is 0 Å². The van der Waals surface area contributed by atoms with E-state index < -0.39 is 0 Å². The van der Waals surface area contributed by atoms with E-state index in [2.05, 4.69) is 12.2 Å². The molecule has 0 heteroatoms. The highest BCUT2D eigenvalue weighted by molar-refractivity contribution is 5.50. The molecule has 2 unspecified atom stereocenters. The van der Waals surface area contributed by atoms with Crippen LogP contribution in [0.25, 0.3) is 0 Å². The minimum Gasteiger partial charge on any atom is -0.0769 e. The molecule has 0 spiro atoms. The summed E-state index contributed by atoms with van der Waals surface area (Å²) in [5, 5.41) is 0. The molecule has 11 heavy (non-hydrogen) atoms. The van der Waals surface area contributed by atoms with Crippen molar-refractivity contribution in [1.82, 2.24) is 0 Å². The topological polar surface area (TPSA) is 0 Å². The van der Waals surface area contributed by atoms with Crippen molar-refractivity contribution >= 4 is 0 Å². The summed E-state index contributed by atoms with van der Waals surface area (Å²) < 4.78 is 0. The van der Waals surface area contributed by atoms with Crippen LogP contribution in [0.1, 0.15) is 32.1 Å². The molecule has 0 aromatic heterocycles. The normalized spacial score (nSPS) is 40.0. The molecule has 2 atom stereocenters. The quantitative estimate of drug-likeness (QED) is 0.492. The Balaban J connectivity index is 1.93. The zero-order chi connectivity index (χ0) is 7.26. The molecule has 58 valence electrons. The molecule has 3 rings (SSSR count). The third-order valence-electron chi connectivity index (χ3n) is 3.57. The molecule has 0 N–H and O–H groups in total. The maximum absolute atomic E-state index is 2.45. The number of hydrogen-bond donors (Lipinski definition) is 0. The number of rotatable bonds is 0. The van der Waals surface area contributed by atoms with Gasteiger partial charge in [0, 0.05) is 0 Å². The molecule has 0 amide bonds. The Kier molecular flexibility index (Phi) is 1.10. The van der Waals surface area contributed by atoms with E-state index in [4.69, 9.17) is 0 Å². The third kappa shape index (κ3) is 0.654. The lowest BCUT2D eigenvalue weighted by atomic mass is 9.60. The van der Waals surface area contributed by atoms with Gasteiger partial charge in [0.15, 0.2) is 0 Å². The largest absolute Gasteiger partial charge is 0.0769 e. The SMILES string of the molecule is C1=C2C(=CC1)C1CCCCC21. The Morgan fingerprint density at radius 2 is 1.45 bits per heavy atom. The summed E-state index contributed by atoms with van der Waals surface area (Å²) in [4.78, 5) is 0. The summed E-state index contributed by atoms with van der Waals surface area (Å²) in [6, 6.07) is 0. The summed E-state index contributed by atoms with van der Waals surface area (Å²) >= 11 is 0. The molecule has 0 radical (unpaired) electrons. The fourth-order valence-electron chi connectivity index (χ4n) is 3.06. The fourth-order valence-corrected chi connectivity index (χ4v) is 3.06. The molecule has 2 saturated carbocycles. The average molecular weight is 146 g/mol. The Morgan fingerprint density at radius 1 is 0.909 bits per heavy atom. The van der Waals surface area contributed by atoms with Crippen molar-refractivity contribution in [3.8, 4) is 0 Å². The lowest BCUT2D eigenvalue weighted by Gasteiger charge is -2.44. The smallest absolute Gasteiger partial charge is 0.00934 e. The zero-order valence-corrected chi connectivity index (χ0v) is 6.84. The molecule has 0 bridgehead atoms. The van der Waals surface area contributed by atoms with Gasteiger partial charge in [-0.1, -0.05) is 25.0 Å². The van der Waals surface area contributed by atoms with Gasteiger partial charge in [-0.05, 0) is 42.2 Å². The molecule has 3 aliphatic carbocycles. The summed E-state index contributed by atoms with van der Waals surface area (Å²) in [5.74, 6) is 2.00. The monoisotopic (exact) mass is 146 g/mol. The first-order valence-electron chi connectivity index (χ1n) is 4.87. The summed E-state index contributed by atoms with van der Waals surface area (Å²) in [5.41, 5.74) is 3.46. The predicted octanol–water partition coefficient (Wildman–Crippen LogP) is 3.06. The van der Waals surface area contributed by atoms with Crippen LogP contribution in [0.5, 0.6) is 0 Å². The zero-order valence-electron chi connectivity index (χ0n) is 6.84. The Hall–Kier alpha value is -0.520. The summed E-state index contributed by atoms with van der Waals surface area (Å²) in [6.45, 7) is 0. The van der Waals surface area contributed by atoms with Crippen LogP contribution < -0.4 is 0 Å². The molecule has 0 heterocycles. The fraction of sp³-hybridized carbons (Fsp3) is 0.636. The highest BCUT2D eigenvalue weighted by atomic mass is 14.5. The van der Waals surface area contributed by atoms with Crippen LogP contribution in [0.4, 0.5) is 0 Å². The Labute approximate surface area is 68.0 Å². The van der Waals surface area contributed by atoms with Crippen LogP contribution in [0, 0.1) is 11.8 Å². The molecule has 0 aromatic carbocycles. The molecule has 0 saturated heterocycles. The number of fused-ring (bicyclic) bond motifs is 4. The van der Waals surface area contributed by atoms with Gasteiger partial charge in [-0.3, -0.25) is 0 Å². The van der Waals surface area contributed by atoms with Crippen LogP contribution in [0.2, 0.25) is 0 Å². The van der Waals surface area contributed by atoms with Crippen molar-refractivity contribution in [1.29, 1.82) is 0 Å². The van der Waals surface area contributed by atoms with E-state index in [1.165, 1.54) is 32.1 Å². The standard InChI is InChI=1S/C11H14/c1-2-5-9-8(4-1)10-6-3-7-11(9)10/h6-9H,1-5H2. The highest BCUT2D eigenvalue weighted by Gasteiger charge is 2.42. The molecule has 2 fully saturated rings. The van der Waals surface area contributed by atoms with E-state index in [1.807, 2.05) is 0 Å². The minimum absolute atomic E-state index is 0.998. The van der Waals surface area contributed by atoms with Gasteiger partial charge >= 0.3 is 0 Å². The van der Waals surface area contributed by atoms with Crippen molar-refractivity contribution in [2.45, 2.75) is 32.1 Å². The van der Waals surface area contributed by atoms with Gasteiger partial charge in [-0.25, -0.2) is 0 Å². The van der Waals surface area contributed by atoms with Crippen LogP contribution in [-0.4, -0.2) is 0 Å². The molecular weight excluding hydrogens is 132 g/mol. The average Bonchev–Trinajstić information content (AvgIpc) is 2.44. The lowest BCUT2D eigenvalue weighted by Crippen LogP contribution is -2.33. The number of hydrogen-bond acceptors (Lipinski definition) is 0. The van der Waals surface area contributed by atoms with Gasteiger partial charge in [0.05, 0.1) is 0 Å². The van der Waals surface area contributed by atoms with Crippen molar-refractivity contribution in [2.75, 3.05) is 0 Å². The van der Waals surface area contributed by atoms with E-state index in [1.54, 1.807) is 11.1 Å². The van der Waals surface area contributed by atoms with Gasteiger partial charge < -0.3 is 0 Å². The first kappa shape index (κ1) is 6.05. The van der Waals surface area contributed by atoms with Crippen LogP contribution in [0.15, 0.2) is 23.3 Å². The van der Waals surface area contributed by atoms with Crippen molar-refractivity contribution in [2.24, 2.45) is 11.8 Å². The van der Waals surface area contributed by atoms with E-state index in [0.717, 1.165) is 11.8 Å². The first-order chi connectivity index (χ1) is 5.47. The molecular formula is C11H14. The van der Waals surface area contributed by atoms with Crippen molar-refractivity contribution in [3.63, 3.8) is 0 Å². The van der Waals surface area contributed by atoms with Gasteiger partial charge in [-0.2, -0.15) is 0 Å². The maximum atomic E-state index is 2.45. The number of allylic oxidation sites excluding steroid dienone is 4. The second-order valence-corrected chi connectivity index (χ2v) is 4.05. The van der Waals surface area contributed by atoms with Crippen molar-refractivity contribution in [3.05, 3.63) is 23.3 Å². The summed E-state index contributed by atoms with van der Waals surface area (Å²) in [6.07, 6.45) is 12.0. The molecule has 3 aliphatic rings. The first-order valence-corrected chi connectivity index (χ1v) is 4.87. The Morgan fingerprint density at radius 3 is 2.00 bits per heavy atom. The van der Waals surface area contributed by atoms with Gasteiger partial charge in [0.25, 0.3) is 0 Å². The van der Waals surface area contributed by atoms with Crippen LogP contribution in [-0.2, 0) is 0 Å². The van der Waals surface area contributed by atoms with E-state index in [9.17, 15) is 0 Å². The maximum Gasteiger partial charge on any atom is -0.00934 e. The van der Waals surface area contributed by atoms with Gasteiger partial charge in [-0.15, -0.1) is 0 Å². The van der Waals surface area contributed by atoms with Gasteiger partial charge in [0.2, 0.25) is 0 Å². The minimum atomic E-state index is 0.998. The highest BCUT2D eigenvalue weighted by Crippen LogP contribution is 2.54. The molecule has 0 nitrogen and oxygen atoms in total. The van der Waals surface area contributed by atoms with Crippen molar-refractivity contribution < 1.29 is 0 Å². The second-order valence-electron chi connectivity index (χ2n) is 4.05.